The van der Waals surface area contributed by atoms with E-state index in [-0.39, 0.29) is 12.4 Å². The largest absolute Gasteiger partial charge is 0.372 e. The van der Waals surface area contributed by atoms with Gasteiger partial charge in [0, 0.05) is 57.2 Å². The Morgan fingerprint density at radius 3 is 2.03 bits per heavy atom. The van der Waals surface area contributed by atoms with E-state index in [1.807, 2.05) is 0 Å². The Kier molecular flexibility index (Phi) is 8.06. The molecule has 2 unspecified atom stereocenters. The molecule has 198 valence electrons. The molecular formula is C30H50ClN3O. The van der Waals surface area contributed by atoms with Crippen LogP contribution in [0.3, 0.4) is 0 Å². The summed E-state index contributed by atoms with van der Waals surface area (Å²) in [6.45, 7) is 22.5. The summed E-state index contributed by atoms with van der Waals surface area (Å²) in [5, 5.41) is 0. The number of nitrogens with zero attached hydrogens (tertiary/aromatic N) is 3. The van der Waals surface area contributed by atoms with Gasteiger partial charge in [0.05, 0.1) is 12.2 Å². The number of rotatable bonds is 5. The minimum absolute atomic E-state index is 0. The van der Waals surface area contributed by atoms with Crippen molar-refractivity contribution in [2.75, 3.05) is 55.6 Å². The van der Waals surface area contributed by atoms with Crippen LogP contribution in [0.1, 0.15) is 85.1 Å². The monoisotopic (exact) mass is 503 g/mol. The van der Waals surface area contributed by atoms with Crippen molar-refractivity contribution in [1.82, 2.24) is 4.90 Å². The number of hydrogen-bond acceptors (Lipinski definition) is 4. The second kappa shape index (κ2) is 10.4. The minimum atomic E-state index is 0. The third-order valence-electron chi connectivity index (χ3n) is 8.72. The maximum Gasteiger partial charge on any atom is 0.0726 e. The first-order valence-corrected chi connectivity index (χ1v) is 14.1. The molecule has 4 nitrogen and oxygen atoms in total. The normalized spacial score (nSPS) is 29.7. The van der Waals surface area contributed by atoms with Gasteiger partial charge >= 0.3 is 0 Å². The van der Waals surface area contributed by atoms with Crippen LogP contribution in [0.5, 0.6) is 0 Å². The van der Waals surface area contributed by atoms with Gasteiger partial charge in [0.15, 0.2) is 0 Å². The van der Waals surface area contributed by atoms with E-state index in [0.29, 0.717) is 29.0 Å². The third kappa shape index (κ3) is 6.67. The van der Waals surface area contributed by atoms with Gasteiger partial charge in [-0.3, -0.25) is 4.90 Å². The summed E-state index contributed by atoms with van der Waals surface area (Å²) in [5.74, 6) is 1.63. The number of piperazine rings is 1. The second-order valence-corrected chi connectivity index (χ2v) is 13.7. The lowest BCUT2D eigenvalue weighted by Crippen LogP contribution is -2.47. The zero-order valence-electron chi connectivity index (χ0n) is 23.2. The Balaban J connectivity index is 0.00000289. The lowest BCUT2D eigenvalue weighted by molar-refractivity contribution is -0.00522. The first-order chi connectivity index (χ1) is 16.1. The van der Waals surface area contributed by atoms with Gasteiger partial charge in [-0.05, 0) is 92.4 Å². The molecule has 0 N–H and O–H groups in total. The fourth-order valence-corrected chi connectivity index (χ4v) is 7.65. The average Bonchev–Trinajstić information content (AvgIpc) is 3.55. The smallest absolute Gasteiger partial charge is 0.0726 e. The molecule has 2 heterocycles. The van der Waals surface area contributed by atoms with Crippen molar-refractivity contribution in [3.8, 4) is 0 Å². The topological polar surface area (TPSA) is 19.0 Å². The van der Waals surface area contributed by atoms with Crippen LogP contribution in [-0.4, -0.2) is 62.9 Å². The first kappa shape index (κ1) is 27.1. The highest BCUT2D eigenvalue weighted by atomic mass is 35.5. The Hall–Kier alpha value is -0.970. The van der Waals surface area contributed by atoms with Gasteiger partial charge < -0.3 is 14.5 Å². The lowest BCUT2D eigenvalue weighted by atomic mass is 9.60. The van der Waals surface area contributed by atoms with Crippen LogP contribution in [0.4, 0.5) is 11.4 Å². The predicted molar refractivity (Wildman–Crippen MR) is 151 cm³/mol. The van der Waals surface area contributed by atoms with Crippen LogP contribution in [0, 0.1) is 16.7 Å². The predicted octanol–water partition coefficient (Wildman–Crippen LogP) is 6.57. The summed E-state index contributed by atoms with van der Waals surface area (Å²) in [6, 6.07) is 7.46. The number of hydrogen-bond donors (Lipinski definition) is 0. The summed E-state index contributed by atoms with van der Waals surface area (Å²) in [4.78, 5) is 7.99. The minimum Gasteiger partial charge on any atom is -0.372 e. The molecule has 35 heavy (non-hydrogen) atoms. The average molecular weight is 504 g/mol. The number of anilines is 2. The van der Waals surface area contributed by atoms with Gasteiger partial charge in [0.25, 0.3) is 0 Å². The van der Waals surface area contributed by atoms with Gasteiger partial charge in [-0.2, -0.15) is 0 Å². The van der Waals surface area contributed by atoms with Gasteiger partial charge in [0.1, 0.15) is 0 Å². The van der Waals surface area contributed by atoms with Crippen LogP contribution in [0.2, 0.25) is 0 Å². The molecule has 0 radical (unpaired) electrons. The van der Waals surface area contributed by atoms with E-state index >= 15 is 0 Å². The molecule has 2 saturated carbocycles. The Labute approximate surface area is 221 Å². The Morgan fingerprint density at radius 1 is 0.857 bits per heavy atom. The van der Waals surface area contributed by atoms with E-state index in [1.54, 1.807) is 5.56 Å². The summed E-state index contributed by atoms with van der Waals surface area (Å²) >= 11 is 0. The maximum absolute atomic E-state index is 6.05. The second-order valence-electron chi connectivity index (χ2n) is 13.7. The van der Waals surface area contributed by atoms with E-state index in [9.17, 15) is 0 Å². The van der Waals surface area contributed by atoms with E-state index < -0.39 is 0 Å². The quantitative estimate of drug-likeness (QED) is 0.452. The number of benzene rings is 1. The number of ether oxygens (including phenoxy) is 1. The Morgan fingerprint density at radius 2 is 1.46 bits per heavy atom. The molecule has 4 aliphatic rings. The number of halogens is 1. The highest BCUT2D eigenvalue weighted by molar-refractivity contribution is 5.85. The van der Waals surface area contributed by atoms with Crippen molar-refractivity contribution in [2.45, 2.75) is 91.8 Å². The van der Waals surface area contributed by atoms with Crippen LogP contribution in [0.25, 0.3) is 0 Å². The lowest BCUT2D eigenvalue weighted by Gasteiger charge is -2.47. The van der Waals surface area contributed by atoms with Crippen LogP contribution in [-0.2, 0) is 4.74 Å². The molecule has 1 aromatic carbocycles. The molecular weight excluding hydrogens is 454 g/mol. The highest BCUT2D eigenvalue weighted by Crippen LogP contribution is 2.53. The fraction of sp³-hybridized carbons (Fsp3) is 0.800. The molecule has 5 heteroatoms. The van der Waals surface area contributed by atoms with Crippen molar-refractivity contribution in [3.63, 3.8) is 0 Å². The molecule has 0 spiro atoms. The summed E-state index contributed by atoms with van der Waals surface area (Å²) in [5.41, 5.74) is 5.31. The number of morpholine rings is 1. The first-order valence-electron chi connectivity index (χ1n) is 14.1. The van der Waals surface area contributed by atoms with Crippen molar-refractivity contribution in [3.05, 3.63) is 23.8 Å². The molecule has 4 fully saturated rings. The van der Waals surface area contributed by atoms with Crippen molar-refractivity contribution < 1.29 is 4.74 Å². The summed E-state index contributed by atoms with van der Waals surface area (Å²) in [7, 11) is 0. The molecule has 0 amide bonds. The highest BCUT2D eigenvalue weighted by Gasteiger charge is 2.40. The summed E-state index contributed by atoms with van der Waals surface area (Å²) in [6.07, 6.45) is 7.41. The fourth-order valence-electron chi connectivity index (χ4n) is 7.65. The van der Waals surface area contributed by atoms with Gasteiger partial charge in [0.2, 0.25) is 0 Å². The zero-order valence-corrected chi connectivity index (χ0v) is 24.0. The molecule has 0 bridgehead atoms. The molecule has 1 aromatic rings. The molecule has 2 aliphatic heterocycles. The van der Waals surface area contributed by atoms with Gasteiger partial charge in [-0.25, -0.2) is 0 Å². The van der Waals surface area contributed by atoms with Gasteiger partial charge in [-0.1, -0.05) is 27.7 Å². The molecule has 2 saturated heterocycles. The molecule has 2 atom stereocenters. The molecule has 0 aromatic heterocycles. The standard InChI is InChI=1S/C30H49N3O.ClH/c1-22-18-33(19-23(2)34-22)26-9-10-28(32-13-11-31(12-14-32)20-24-7-8-24)27(15-26)25-16-29(3,4)21-30(5,6)17-25;/h9-10,15,22-25H,7-8,11-14,16-21H2,1-6H3;1H. The van der Waals surface area contributed by atoms with Gasteiger partial charge in [-0.15, -0.1) is 12.4 Å². The third-order valence-corrected chi connectivity index (χ3v) is 8.72. The summed E-state index contributed by atoms with van der Waals surface area (Å²) < 4.78 is 6.05. The van der Waals surface area contributed by atoms with Crippen LogP contribution >= 0.6 is 12.4 Å². The molecule has 5 rings (SSSR count). The van der Waals surface area contributed by atoms with Crippen molar-refractivity contribution >= 4 is 23.8 Å². The van der Waals surface area contributed by atoms with E-state index in [0.717, 1.165) is 19.0 Å². The maximum atomic E-state index is 6.05. The van der Waals surface area contributed by atoms with Crippen LogP contribution in [0.15, 0.2) is 18.2 Å². The van der Waals surface area contributed by atoms with E-state index in [2.05, 4.69) is 74.4 Å². The van der Waals surface area contributed by atoms with Crippen LogP contribution < -0.4 is 9.80 Å². The Bertz CT molecular complexity index is 833. The zero-order chi connectivity index (χ0) is 24.1. The van der Waals surface area contributed by atoms with Crippen molar-refractivity contribution in [2.24, 2.45) is 16.7 Å². The SMILES string of the molecule is CC1CN(c2ccc(N3CCN(CC4CC4)CC3)c(C3CC(C)(C)CC(C)(C)C3)c2)CC(C)O1.Cl. The van der Waals surface area contributed by atoms with E-state index in [1.165, 1.54) is 76.2 Å². The van der Waals surface area contributed by atoms with E-state index in [4.69, 9.17) is 4.74 Å². The van der Waals surface area contributed by atoms with Crippen molar-refractivity contribution in [1.29, 1.82) is 0 Å². The molecule has 2 aliphatic carbocycles.